The van der Waals surface area contributed by atoms with Gasteiger partial charge in [-0.3, -0.25) is 0 Å². The van der Waals surface area contributed by atoms with E-state index in [2.05, 4.69) is 38.2 Å². The number of rotatable bonds is 5. The zero-order chi connectivity index (χ0) is 14.5. The van der Waals surface area contributed by atoms with Gasteiger partial charge in [-0.15, -0.1) is 0 Å². The van der Waals surface area contributed by atoms with Gasteiger partial charge in [0.25, 0.3) is 0 Å². The molecule has 0 aliphatic heterocycles. The predicted octanol–water partition coefficient (Wildman–Crippen LogP) is 4.24. The summed E-state index contributed by atoms with van der Waals surface area (Å²) in [5, 5.41) is 3.20. The Kier molecular flexibility index (Phi) is 4.61. The summed E-state index contributed by atoms with van der Waals surface area (Å²) in [5.41, 5.74) is 4.46. The average Bonchev–Trinajstić information content (AvgIpc) is 2.44. The van der Waals surface area contributed by atoms with Crippen molar-refractivity contribution in [3.8, 4) is 5.75 Å². The summed E-state index contributed by atoms with van der Waals surface area (Å²) in [6, 6.07) is 10.5. The third kappa shape index (κ3) is 3.50. The first-order chi connectivity index (χ1) is 9.58. The Bertz CT molecular complexity index is 578. The third-order valence-electron chi connectivity index (χ3n) is 3.40. The highest BCUT2D eigenvalue weighted by atomic mass is 19.1. The van der Waals surface area contributed by atoms with E-state index in [4.69, 9.17) is 4.74 Å². The number of benzene rings is 2. The average molecular weight is 273 g/mol. The van der Waals surface area contributed by atoms with Crippen molar-refractivity contribution in [1.82, 2.24) is 0 Å². The molecule has 0 atom stereocenters. The molecule has 0 bridgehead atoms. The Morgan fingerprint density at radius 2 is 1.60 bits per heavy atom. The first kappa shape index (κ1) is 14.4. The van der Waals surface area contributed by atoms with E-state index in [0.29, 0.717) is 13.2 Å². The van der Waals surface area contributed by atoms with Crippen LogP contribution >= 0.6 is 0 Å². The minimum absolute atomic E-state index is 0.224. The number of halogens is 1. The molecule has 0 fully saturated rings. The van der Waals surface area contributed by atoms with Crippen LogP contribution < -0.4 is 10.1 Å². The van der Waals surface area contributed by atoms with Crippen LogP contribution in [0.4, 0.5) is 10.1 Å². The Labute approximate surface area is 119 Å². The van der Waals surface area contributed by atoms with E-state index in [1.165, 1.54) is 23.3 Å². The molecule has 2 aromatic carbocycles. The van der Waals surface area contributed by atoms with Gasteiger partial charge in [0.15, 0.2) is 0 Å². The van der Waals surface area contributed by atoms with Crippen LogP contribution in [0.1, 0.15) is 16.7 Å². The number of hydrogen-bond donors (Lipinski definition) is 1. The van der Waals surface area contributed by atoms with E-state index in [9.17, 15) is 4.39 Å². The normalized spacial score (nSPS) is 10.4. The first-order valence-electron chi connectivity index (χ1n) is 6.77. The van der Waals surface area contributed by atoms with Gasteiger partial charge in [-0.2, -0.15) is 0 Å². The highest BCUT2D eigenvalue weighted by Crippen LogP contribution is 2.25. The first-order valence-corrected chi connectivity index (χ1v) is 6.77. The van der Waals surface area contributed by atoms with Crippen molar-refractivity contribution in [2.75, 3.05) is 18.5 Å². The van der Waals surface area contributed by atoms with Gasteiger partial charge in [0.05, 0.1) is 0 Å². The summed E-state index contributed by atoms with van der Waals surface area (Å²) in [5.74, 6) is 0.740. The molecule has 1 N–H and O–H groups in total. The minimum Gasteiger partial charge on any atom is -0.491 e. The maximum atomic E-state index is 12.8. The zero-order valence-corrected chi connectivity index (χ0v) is 12.2. The second kappa shape index (κ2) is 6.42. The van der Waals surface area contributed by atoms with E-state index in [0.717, 1.165) is 17.0 Å². The molecule has 0 radical (unpaired) electrons. The van der Waals surface area contributed by atoms with Crippen LogP contribution in [0.25, 0.3) is 0 Å². The van der Waals surface area contributed by atoms with Crippen LogP contribution in [0.5, 0.6) is 5.75 Å². The fourth-order valence-electron chi connectivity index (χ4n) is 2.06. The van der Waals surface area contributed by atoms with Crippen LogP contribution in [-0.4, -0.2) is 13.2 Å². The van der Waals surface area contributed by atoms with E-state index in [1.54, 1.807) is 12.1 Å². The van der Waals surface area contributed by atoms with E-state index < -0.39 is 0 Å². The highest BCUT2D eigenvalue weighted by molar-refractivity contribution is 5.45. The Morgan fingerprint density at radius 3 is 2.30 bits per heavy atom. The molecule has 2 rings (SSSR count). The molecule has 0 amide bonds. The van der Waals surface area contributed by atoms with Crippen molar-refractivity contribution in [1.29, 1.82) is 0 Å². The van der Waals surface area contributed by atoms with Crippen molar-refractivity contribution in [2.24, 2.45) is 0 Å². The largest absolute Gasteiger partial charge is 0.491 e. The van der Waals surface area contributed by atoms with Gasteiger partial charge in [0, 0.05) is 12.2 Å². The number of nitrogens with one attached hydrogen (secondary N) is 1. The van der Waals surface area contributed by atoms with Gasteiger partial charge < -0.3 is 10.1 Å². The maximum Gasteiger partial charge on any atom is 0.125 e. The number of hydrogen-bond acceptors (Lipinski definition) is 2. The van der Waals surface area contributed by atoms with Gasteiger partial charge in [-0.1, -0.05) is 12.1 Å². The molecule has 2 aromatic rings. The van der Waals surface area contributed by atoms with Crippen molar-refractivity contribution in [3.63, 3.8) is 0 Å². The van der Waals surface area contributed by atoms with Crippen LogP contribution in [0.15, 0.2) is 36.4 Å². The number of anilines is 1. The monoisotopic (exact) mass is 273 g/mol. The van der Waals surface area contributed by atoms with Crippen LogP contribution in [0.2, 0.25) is 0 Å². The Hall–Kier alpha value is -2.03. The molecule has 0 saturated carbocycles. The molecule has 0 heterocycles. The van der Waals surface area contributed by atoms with Gasteiger partial charge in [0.1, 0.15) is 18.2 Å². The molecule has 0 unspecified atom stereocenters. The molecule has 0 aliphatic rings. The van der Waals surface area contributed by atoms with Crippen molar-refractivity contribution in [3.05, 3.63) is 58.9 Å². The lowest BCUT2D eigenvalue weighted by molar-refractivity contribution is 0.328. The maximum absolute atomic E-state index is 12.8. The second-order valence-corrected chi connectivity index (χ2v) is 4.94. The van der Waals surface area contributed by atoms with Crippen LogP contribution in [0, 0.1) is 26.6 Å². The van der Waals surface area contributed by atoms with E-state index >= 15 is 0 Å². The topological polar surface area (TPSA) is 21.3 Å². The van der Waals surface area contributed by atoms with Gasteiger partial charge >= 0.3 is 0 Å². The highest BCUT2D eigenvalue weighted by Gasteiger charge is 2.05. The molecular weight excluding hydrogens is 253 g/mol. The zero-order valence-electron chi connectivity index (χ0n) is 12.2. The van der Waals surface area contributed by atoms with Crippen LogP contribution in [0.3, 0.4) is 0 Å². The number of aryl methyl sites for hydroxylation is 2. The van der Waals surface area contributed by atoms with Gasteiger partial charge in [0.2, 0.25) is 0 Å². The summed E-state index contributed by atoms with van der Waals surface area (Å²) in [7, 11) is 0. The van der Waals surface area contributed by atoms with Crippen molar-refractivity contribution >= 4 is 5.69 Å². The quantitative estimate of drug-likeness (QED) is 0.823. The minimum atomic E-state index is -0.224. The van der Waals surface area contributed by atoms with Gasteiger partial charge in [-0.05, 0) is 61.7 Å². The summed E-state index contributed by atoms with van der Waals surface area (Å²) < 4.78 is 18.6. The van der Waals surface area contributed by atoms with Crippen LogP contribution in [-0.2, 0) is 0 Å². The standard InChI is InChI=1S/C17H20FNO/c1-12-4-5-13(2)17(14(12)3)20-11-10-19-16-8-6-15(18)7-9-16/h4-9,19H,10-11H2,1-3H3. The Morgan fingerprint density at radius 1 is 0.950 bits per heavy atom. The summed E-state index contributed by atoms with van der Waals surface area (Å²) in [6.45, 7) is 7.46. The molecular formula is C17H20FNO. The molecule has 2 nitrogen and oxygen atoms in total. The lowest BCUT2D eigenvalue weighted by Crippen LogP contribution is -2.12. The predicted molar refractivity (Wildman–Crippen MR) is 81.0 cm³/mol. The molecule has 0 aromatic heterocycles. The smallest absolute Gasteiger partial charge is 0.125 e. The van der Waals surface area contributed by atoms with E-state index in [1.807, 2.05) is 0 Å². The molecule has 106 valence electrons. The number of ether oxygens (including phenoxy) is 1. The van der Waals surface area contributed by atoms with Gasteiger partial charge in [-0.25, -0.2) is 4.39 Å². The molecule has 0 spiro atoms. The Balaban J connectivity index is 1.87. The fourth-order valence-corrected chi connectivity index (χ4v) is 2.06. The molecule has 3 heteroatoms. The SMILES string of the molecule is Cc1ccc(C)c(OCCNc2ccc(F)cc2)c1C. The molecule has 0 saturated heterocycles. The second-order valence-electron chi connectivity index (χ2n) is 4.94. The van der Waals surface area contributed by atoms with E-state index in [-0.39, 0.29) is 5.82 Å². The fraction of sp³-hybridized carbons (Fsp3) is 0.294. The van der Waals surface area contributed by atoms with Crippen molar-refractivity contribution < 1.29 is 9.13 Å². The third-order valence-corrected chi connectivity index (χ3v) is 3.40. The summed E-state index contributed by atoms with van der Waals surface area (Å²) >= 11 is 0. The summed E-state index contributed by atoms with van der Waals surface area (Å²) in [6.07, 6.45) is 0. The lowest BCUT2D eigenvalue weighted by atomic mass is 10.1. The lowest BCUT2D eigenvalue weighted by Gasteiger charge is -2.14. The van der Waals surface area contributed by atoms with Crippen molar-refractivity contribution in [2.45, 2.75) is 20.8 Å². The summed E-state index contributed by atoms with van der Waals surface area (Å²) in [4.78, 5) is 0. The molecule has 20 heavy (non-hydrogen) atoms. The molecule has 0 aliphatic carbocycles.